The van der Waals surface area contributed by atoms with Crippen LogP contribution >= 0.6 is 0 Å². The van der Waals surface area contributed by atoms with E-state index < -0.39 is 17.1 Å². The number of benzene rings is 2. The molecule has 0 radical (unpaired) electrons. The molecule has 3 rings (SSSR count). The van der Waals surface area contributed by atoms with E-state index in [2.05, 4.69) is 5.32 Å². The minimum Gasteiger partial charge on any atom is -0.341 e. The first-order valence-corrected chi connectivity index (χ1v) is 9.71. The van der Waals surface area contributed by atoms with Crippen LogP contribution < -0.4 is 5.32 Å². The van der Waals surface area contributed by atoms with Crippen LogP contribution in [0.1, 0.15) is 31.9 Å². The van der Waals surface area contributed by atoms with Crippen molar-refractivity contribution in [2.75, 3.05) is 14.1 Å². The maximum absolute atomic E-state index is 13.8. The Labute approximate surface area is 171 Å². The molecular formula is C23H28FN3O2. The molecule has 2 unspecified atom stereocenters. The quantitative estimate of drug-likeness (QED) is 0.858. The second-order valence-corrected chi connectivity index (χ2v) is 8.61. The van der Waals surface area contributed by atoms with E-state index in [0.717, 1.165) is 5.56 Å². The van der Waals surface area contributed by atoms with Gasteiger partial charge in [-0.15, -0.1) is 0 Å². The van der Waals surface area contributed by atoms with Gasteiger partial charge in [-0.3, -0.25) is 9.69 Å². The molecular weight excluding hydrogens is 369 g/mol. The number of hydrogen-bond donors (Lipinski definition) is 1. The molecule has 0 bridgehead atoms. The van der Waals surface area contributed by atoms with Crippen LogP contribution in [0.2, 0.25) is 0 Å². The standard InChI is InChI=1S/C23H28FN3O2/c1-22(2,3)19-26(5)20(28)23(27(19)21(29)25-4,15-16-9-7-6-8-10-16)17-11-13-18(24)14-12-17/h6-14,19H,15H2,1-5H3,(H,25,29). The number of carbonyl (C=O) groups excluding carboxylic acids is 2. The van der Waals surface area contributed by atoms with Gasteiger partial charge in [0.25, 0.3) is 5.91 Å². The smallest absolute Gasteiger partial charge is 0.319 e. The van der Waals surface area contributed by atoms with Crippen LogP contribution in [-0.2, 0) is 16.8 Å². The topological polar surface area (TPSA) is 52.7 Å². The van der Waals surface area contributed by atoms with Crippen LogP contribution in [0.25, 0.3) is 0 Å². The first-order chi connectivity index (χ1) is 13.6. The van der Waals surface area contributed by atoms with Crippen LogP contribution in [0.5, 0.6) is 0 Å². The van der Waals surface area contributed by atoms with Gasteiger partial charge < -0.3 is 10.2 Å². The summed E-state index contributed by atoms with van der Waals surface area (Å²) >= 11 is 0. The first kappa shape index (κ1) is 20.8. The molecule has 1 saturated heterocycles. The summed E-state index contributed by atoms with van der Waals surface area (Å²) in [5.41, 5.74) is -0.158. The number of hydrogen-bond acceptors (Lipinski definition) is 2. The highest BCUT2D eigenvalue weighted by Gasteiger charge is 2.61. The fourth-order valence-electron chi connectivity index (χ4n) is 4.40. The maximum Gasteiger partial charge on any atom is 0.319 e. The lowest BCUT2D eigenvalue weighted by atomic mass is 9.81. The Morgan fingerprint density at radius 3 is 2.21 bits per heavy atom. The Kier molecular flexibility index (Phi) is 5.39. The third-order valence-corrected chi connectivity index (χ3v) is 5.53. The van der Waals surface area contributed by atoms with Crippen molar-refractivity contribution in [1.29, 1.82) is 0 Å². The van der Waals surface area contributed by atoms with Crippen LogP contribution in [0.3, 0.4) is 0 Å². The SMILES string of the molecule is CNC(=O)N1C(C(C)(C)C)N(C)C(=O)C1(Cc1ccccc1)c1ccc(F)cc1. The number of likely N-dealkylation sites (N-methyl/N-ethyl adjacent to an activating group) is 1. The number of urea groups is 1. The van der Waals surface area contributed by atoms with E-state index in [0.29, 0.717) is 12.0 Å². The summed E-state index contributed by atoms with van der Waals surface area (Å²) in [5, 5.41) is 2.71. The van der Waals surface area contributed by atoms with Crippen molar-refractivity contribution < 1.29 is 14.0 Å². The molecule has 5 nitrogen and oxygen atoms in total. The molecule has 6 heteroatoms. The van der Waals surface area contributed by atoms with Crippen molar-refractivity contribution in [3.05, 3.63) is 71.5 Å². The second kappa shape index (κ2) is 7.50. The summed E-state index contributed by atoms with van der Waals surface area (Å²) in [7, 11) is 3.28. The third-order valence-electron chi connectivity index (χ3n) is 5.53. The summed E-state index contributed by atoms with van der Waals surface area (Å²) in [6.45, 7) is 6.00. The molecule has 1 N–H and O–H groups in total. The average molecular weight is 397 g/mol. The normalized spacial score (nSPS) is 22.1. The Morgan fingerprint density at radius 2 is 1.69 bits per heavy atom. The number of nitrogens with zero attached hydrogens (tertiary/aromatic N) is 2. The van der Waals surface area contributed by atoms with Gasteiger partial charge >= 0.3 is 6.03 Å². The zero-order chi connectivity index (χ0) is 21.4. The van der Waals surface area contributed by atoms with Gasteiger partial charge in [-0.25, -0.2) is 9.18 Å². The zero-order valence-electron chi connectivity index (χ0n) is 17.6. The molecule has 2 atom stereocenters. The highest BCUT2D eigenvalue weighted by atomic mass is 19.1. The van der Waals surface area contributed by atoms with Crippen LogP contribution in [0.4, 0.5) is 9.18 Å². The maximum atomic E-state index is 13.8. The summed E-state index contributed by atoms with van der Waals surface area (Å²) in [6.07, 6.45) is -0.174. The predicted molar refractivity (Wildman–Crippen MR) is 111 cm³/mol. The molecule has 1 aliphatic rings. The van der Waals surface area contributed by atoms with Crippen molar-refractivity contribution in [2.24, 2.45) is 5.41 Å². The molecule has 0 aliphatic carbocycles. The van der Waals surface area contributed by atoms with Gasteiger partial charge in [-0.1, -0.05) is 63.2 Å². The molecule has 1 aliphatic heterocycles. The lowest BCUT2D eigenvalue weighted by Crippen LogP contribution is -2.58. The Morgan fingerprint density at radius 1 is 1.10 bits per heavy atom. The Balaban J connectivity index is 2.29. The third kappa shape index (κ3) is 3.48. The molecule has 2 aromatic rings. The van der Waals surface area contributed by atoms with Gasteiger partial charge in [0.1, 0.15) is 12.0 Å². The van der Waals surface area contributed by atoms with Crippen molar-refractivity contribution in [2.45, 2.75) is 38.9 Å². The Hall–Kier alpha value is -2.89. The van der Waals surface area contributed by atoms with Crippen LogP contribution in [-0.4, -0.2) is 42.0 Å². The van der Waals surface area contributed by atoms with Crippen LogP contribution in [0.15, 0.2) is 54.6 Å². The molecule has 1 heterocycles. The molecule has 3 amide bonds. The summed E-state index contributed by atoms with van der Waals surface area (Å²) in [6, 6.07) is 15.1. The number of halogens is 1. The largest absolute Gasteiger partial charge is 0.341 e. The van der Waals surface area contributed by atoms with Crippen molar-refractivity contribution in [3.63, 3.8) is 0 Å². The molecule has 0 spiro atoms. The van der Waals surface area contributed by atoms with E-state index in [1.165, 1.54) is 12.1 Å². The summed E-state index contributed by atoms with van der Waals surface area (Å²) in [4.78, 5) is 30.3. The van der Waals surface area contributed by atoms with Gasteiger partial charge in [0.2, 0.25) is 0 Å². The number of carbonyl (C=O) groups is 2. The fraction of sp³-hybridized carbons (Fsp3) is 0.391. The molecule has 29 heavy (non-hydrogen) atoms. The van der Waals surface area contributed by atoms with Gasteiger partial charge in [0.15, 0.2) is 5.54 Å². The highest BCUT2D eigenvalue weighted by Crippen LogP contribution is 2.46. The van der Waals surface area contributed by atoms with E-state index in [9.17, 15) is 14.0 Å². The van der Waals surface area contributed by atoms with E-state index in [-0.39, 0.29) is 17.8 Å². The monoisotopic (exact) mass is 397 g/mol. The van der Waals surface area contributed by atoms with Crippen molar-refractivity contribution >= 4 is 11.9 Å². The fourth-order valence-corrected chi connectivity index (χ4v) is 4.40. The molecule has 0 aromatic heterocycles. The first-order valence-electron chi connectivity index (χ1n) is 9.71. The lowest BCUT2D eigenvalue weighted by Gasteiger charge is -2.43. The highest BCUT2D eigenvalue weighted by molar-refractivity contribution is 5.96. The number of rotatable bonds is 3. The minimum absolute atomic E-state index is 0.184. The summed E-state index contributed by atoms with van der Waals surface area (Å²) < 4.78 is 13.7. The predicted octanol–water partition coefficient (Wildman–Crippen LogP) is 3.75. The minimum atomic E-state index is -1.28. The van der Waals surface area contributed by atoms with Gasteiger partial charge in [0, 0.05) is 25.9 Å². The zero-order valence-corrected chi connectivity index (χ0v) is 17.6. The van der Waals surface area contributed by atoms with E-state index in [1.54, 1.807) is 36.0 Å². The summed E-state index contributed by atoms with van der Waals surface area (Å²) in [5.74, 6) is -0.572. The Bertz CT molecular complexity index is 893. The van der Waals surface area contributed by atoms with Gasteiger partial charge in [-0.2, -0.15) is 0 Å². The number of amides is 3. The average Bonchev–Trinajstić information content (AvgIpc) is 2.91. The molecule has 0 saturated carbocycles. The van der Waals surface area contributed by atoms with Crippen molar-refractivity contribution in [1.82, 2.24) is 15.1 Å². The lowest BCUT2D eigenvalue weighted by molar-refractivity contribution is -0.133. The second-order valence-electron chi connectivity index (χ2n) is 8.61. The van der Waals surface area contributed by atoms with Gasteiger partial charge in [-0.05, 0) is 23.3 Å². The van der Waals surface area contributed by atoms with E-state index in [4.69, 9.17) is 0 Å². The number of nitrogens with one attached hydrogen (secondary N) is 1. The van der Waals surface area contributed by atoms with E-state index >= 15 is 0 Å². The van der Waals surface area contributed by atoms with Crippen LogP contribution in [0, 0.1) is 11.2 Å². The molecule has 2 aromatic carbocycles. The molecule has 154 valence electrons. The van der Waals surface area contributed by atoms with E-state index in [1.807, 2.05) is 51.1 Å². The van der Waals surface area contributed by atoms with Gasteiger partial charge in [0.05, 0.1) is 0 Å². The van der Waals surface area contributed by atoms with Crippen molar-refractivity contribution in [3.8, 4) is 0 Å². The molecule has 1 fully saturated rings.